The molecule has 88 valence electrons. The molecule has 0 saturated carbocycles. The lowest BCUT2D eigenvalue weighted by molar-refractivity contribution is 0.685. The quantitative estimate of drug-likeness (QED) is 0.794. The molecule has 1 unspecified atom stereocenters. The van der Waals surface area contributed by atoms with Gasteiger partial charge in [0.05, 0.1) is 23.6 Å². The summed E-state index contributed by atoms with van der Waals surface area (Å²) in [6.45, 7) is 7.57. The summed E-state index contributed by atoms with van der Waals surface area (Å²) < 4.78 is 0. The zero-order valence-corrected chi connectivity index (χ0v) is 10.6. The van der Waals surface area contributed by atoms with Crippen LogP contribution in [0.4, 0.5) is 5.69 Å². The molecule has 0 spiro atoms. The Kier molecular flexibility index (Phi) is 4.55. The third-order valence-corrected chi connectivity index (χ3v) is 2.76. The predicted octanol–water partition coefficient (Wildman–Crippen LogP) is 2.85. The second-order valence-electron chi connectivity index (χ2n) is 4.18. The molecular formula is C14H17N3. The molecule has 3 heteroatoms. The monoisotopic (exact) mass is 227 g/mol. The Balaban J connectivity index is 2.98. The van der Waals surface area contributed by atoms with Gasteiger partial charge in [-0.05, 0) is 44.5 Å². The minimum Gasteiger partial charge on any atom is -0.370 e. The van der Waals surface area contributed by atoms with Crippen LogP contribution in [0.15, 0.2) is 18.2 Å². The molecule has 1 rings (SSSR count). The van der Waals surface area contributed by atoms with Crippen molar-refractivity contribution in [1.82, 2.24) is 0 Å². The Morgan fingerprint density at radius 2 is 2.06 bits per heavy atom. The van der Waals surface area contributed by atoms with E-state index in [0.717, 1.165) is 24.3 Å². The van der Waals surface area contributed by atoms with E-state index in [-0.39, 0.29) is 5.92 Å². The Bertz CT molecular complexity index is 465. The predicted molar refractivity (Wildman–Crippen MR) is 68.6 cm³/mol. The average molecular weight is 227 g/mol. The first-order chi connectivity index (χ1) is 8.12. The number of aryl methyl sites for hydroxylation is 1. The fraction of sp³-hybridized carbons (Fsp3) is 0.429. The van der Waals surface area contributed by atoms with Gasteiger partial charge in [-0.3, -0.25) is 0 Å². The Morgan fingerprint density at radius 1 is 1.35 bits per heavy atom. The van der Waals surface area contributed by atoms with Crippen LogP contribution in [0.3, 0.4) is 0 Å². The van der Waals surface area contributed by atoms with Crippen molar-refractivity contribution in [1.29, 1.82) is 10.5 Å². The molecule has 17 heavy (non-hydrogen) atoms. The summed E-state index contributed by atoms with van der Waals surface area (Å²) in [5, 5.41) is 17.7. The largest absolute Gasteiger partial charge is 0.370 e. The molecule has 1 aromatic carbocycles. The summed E-state index contributed by atoms with van der Waals surface area (Å²) in [6, 6.07) is 10.0. The lowest BCUT2D eigenvalue weighted by Crippen LogP contribution is -2.28. The van der Waals surface area contributed by atoms with E-state index in [2.05, 4.69) is 24.0 Å². The molecule has 0 fully saturated rings. The van der Waals surface area contributed by atoms with Gasteiger partial charge in [0.1, 0.15) is 0 Å². The van der Waals surface area contributed by atoms with Gasteiger partial charge in [-0.1, -0.05) is 0 Å². The summed E-state index contributed by atoms with van der Waals surface area (Å²) in [5.74, 6) is 0.00462. The number of hydrogen-bond acceptors (Lipinski definition) is 3. The van der Waals surface area contributed by atoms with Crippen LogP contribution in [-0.4, -0.2) is 13.1 Å². The molecule has 1 atom stereocenters. The van der Waals surface area contributed by atoms with Crippen molar-refractivity contribution >= 4 is 5.69 Å². The van der Waals surface area contributed by atoms with E-state index < -0.39 is 0 Å². The van der Waals surface area contributed by atoms with Gasteiger partial charge in [-0.2, -0.15) is 10.5 Å². The maximum absolute atomic E-state index is 8.86. The Labute approximate surface area is 103 Å². The van der Waals surface area contributed by atoms with Crippen LogP contribution < -0.4 is 4.90 Å². The van der Waals surface area contributed by atoms with Gasteiger partial charge in [0.2, 0.25) is 0 Å². The molecule has 3 nitrogen and oxygen atoms in total. The number of nitriles is 2. The molecule has 0 aliphatic rings. The Hall–Kier alpha value is -2.00. The molecule has 0 aromatic heterocycles. The second-order valence-corrected chi connectivity index (χ2v) is 4.18. The summed E-state index contributed by atoms with van der Waals surface area (Å²) in [7, 11) is 0. The van der Waals surface area contributed by atoms with Crippen molar-refractivity contribution in [2.75, 3.05) is 18.0 Å². The van der Waals surface area contributed by atoms with Crippen molar-refractivity contribution in [3.8, 4) is 12.1 Å². The van der Waals surface area contributed by atoms with E-state index in [0.29, 0.717) is 5.56 Å². The van der Waals surface area contributed by atoms with E-state index >= 15 is 0 Å². The lowest BCUT2D eigenvalue weighted by atomic mass is 10.1. The van der Waals surface area contributed by atoms with Crippen LogP contribution in [0, 0.1) is 35.5 Å². The lowest BCUT2D eigenvalue weighted by Gasteiger charge is -2.26. The summed E-state index contributed by atoms with van der Waals surface area (Å²) in [6.07, 6.45) is 0. The maximum atomic E-state index is 8.86. The highest BCUT2D eigenvalue weighted by atomic mass is 15.1. The van der Waals surface area contributed by atoms with E-state index in [1.165, 1.54) is 0 Å². The third-order valence-electron chi connectivity index (χ3n) is 2.76. The molecule has 0 aliphatic heterocycles. The molecular weight excluding hydrogens is 210 g/mol. The summed E-state index contributed by atoms with van der Waals surface area (Å²) in [5.41, 5.74) is 2.86. The number of hydrogen-bond donors (Lipinski definition) is 0. The van der Waals surface area contributed by atoms with Crippen LogP contribution in [0.5, 0.6) is 0 Å². The molecule has 0 radical (unpaired) electrons. The van der Waals surface area contributed by atoms with Crippen LogP contribution in [0.2, 0.25) is 0 Å². The highest BCUT2D eigenvalue weighted by molar-refractivity contribution is 5.56. The first kappa shape index (κ1) is 13.1. The van der Waals surface area contributed by atoms with Crippen LogP contribution >= 0.6 is 0 Å². The summed E-state index contributed by atoms with van der Waals surface area (Å²) in [4.78, 5) is 2.17. The van der Waals surface area contributed by atoms with E-state index in [1.807, 2.05) is 32.0 Å². The summed E-state index contributed by atoms with van der Waals surface area (Å²) >= 11 is 0. The third kappa shape index (κ3) is 3.23. The van der Waals surface area contributed by atoms with Crippen molar-refractivity contribution < 1.29 is 0 Å². The second kappa shape index (κ2) is 5.92. The normalized spacial score (nSPS) is 11.4. The van der Waals surface area contributed by atoms with Crippen molar-refractivity contribution in [2.24, 2.45) is 5.92 Å². The molecule has 0 amide bonds. The molecule has 0 heterocycles. The van der Waals surface area contributed by atoms with Crippen LogP contribution in [0.25, 0.3) is 0 Å². The number of anilines is 1. The van der Waals surface area contributed by atoms with Gasteiger partial charge in [0, 0.05) is 18.8 Å². The van der Waals surface area contributed by atoms with Crippen LogP contribution in [0.1, 0.15) is 25.0 Å². The number of benzene rings is 1. The van der Waals surface area contributed by atoms with Gasteiger partial charge in [0.25, 0.3) is 0 Å². The smallest absolute Gasteiger partial charge is 0.0991 e. The zero-order valence-electron chi connectivity index (χ0n) is 10.6. The fourth-order valence-electron chi connectivity index (χ4n) is 1.85. The molecule has 1 aromatic rings. The van der Waals surface area contributed by atoms with Crippen molar-refractivity contribution in [2.45, 2.75) is 20.8 Å². The van der Waals surface area contributed by atoms with Gasteiger partial charge in [-0.15, -0.1) is 0 Å². The zero-order chi connectivity index (χ0) is 12.8. The van der Waals surface area contributed by atoms with E-state index in [9.17, 15) is 0 Å². The first-order valence-corrected chi connectivity index (χ1v) is 5.77. The first-order valence-electron chi connectivity index (χ1n) is 5.77. The molecule has 0 N–H and O–H groups in total. The minimum atomic E-state index is 0.00462. The molecule has 0 aliphatic carbocycles. The topological polar surface area (TPSA) is 50.8 Å². The highest BCUT2D eigenvalue weighted by Crippen LogP contribution is 2.21. The van der Waals surface area contributed by atoms with Gasteiger partial charge < -0.3 is 4.90 Å². The van der Waals surface area contributed by atoms with Gasteiger partial charge in [0.15, 0.2) is 0 Å². The van der Waals surface area contributed by atoms with Crippen LogP contribution in [-0.2, 0) is 0 Å². The average Bonchev–Trinajstić information content (AvgIpc) is 2.35. The minimum absolute atomic E-state index is 0.00462. The number of rotatable bonds is 4. The van der Waals surface area contributed by atoms with Crippen molar-refractivity contribution in [3.05, 3.63) is 29.3 Å². The maximum Gasteiger partial charge on any atom is 0.0991 e. The SMILES string of the molecule is CCN(CC(C)C#N)c1ccc(C#N)cc1C. The standard InChI is InChI=1S/C14H17N3/c1-4-17(10-11(2)8-15)14-6-5-13(9-16)7-12(14)3/h5-7,11H,4,10H2,1-3H3. The Morgan fingerprint density at radius 3 is 2.53 bits per heavy atom. The molecule has 0 saturated heterocycles. The number of nitrogens with zero attached hydrogens (tertiary/aromatic N) is 3. The van der Waals surface area contributed by atoms with Crippen molar-refractivity contribution in [3.63, 3.8) is 0 Å². The fourth-order valence-corrected chi connectivity index (χ4v) is 1.85. The van der Waals surface area contributed by atoms with E-state index in [1.54, 1.807) is 0 Å². The molecule has 0 bridgehead atoms. The van der Waals surface area contributed by atoms with Gasteiger partial charge in [-0.25, -0.2) is 0 Å². The van der Waals surface area contributed by atoms with E-state index in [4.69, 9.17) is 10.5 Å². The highest BCUT2D eigenvalue weighted by Gasteiger charge is 2.11. The van der Waals surface area contributed by atoms with Gasteiger partial charge >= 0.3 is 0 Å².